The highest BCUT2D eigenvalue weighted by Gasteiger charge is 2.43. The predicted molar refractivity (Wildman–Crippen MR) is 127 cm³/mol. The van der Waals surface area contributed by atoms with E-state index >= 15 is 0 Å². The molecule has 0 N–H and O–H groups in total. The van der Waals surface area contributed by atoms with Crippen molar-refractivity contribution >= 4 is 21.8 Å². The Balaban J connectivity index is 1.19. The van der Waals surface area contributed by atoms with E-state index in [9.17, 15) is 13.2 Å². The highest BCUT2D eigenvalue weighted by molar-refractivity contribution is 7.90. The number of amides is 1. The zero-order chi connectivity index (χ0) is 22.7. The summed E-state index contributed by atoms with van der Waals surface area (Å²) in [5.41, 5.74) is 0.676. The van der Waals surface area contributed by atoms with Crippen molar-refractivity contribution in [1.29, 1.82) is 0 Å². The van der Waals surface area contributed by atoms with Crippen molar-refractivity contribution in [2.24, 2.45) is 23.7 Å². The number of carbonyl (C=O) groups excluding carboxylic acids is 1. The molecule has 0 aromatic heterocycles. The fourth-order valence-corrected chi connectivity index (χ4v) is 6.29. The minimum atomic E-state index is -3.26. The molecule has 1 aliphatic heterocycles. The molecule has 5 nitrogen and oxygen atoms in total. The quantitative estimate of drug-likeness (QED) is 0.524. The first-order valence-corrected chi connectivity index (χ1v) is 14.1. The normalized spacial score (nSPS) is 24.5. The van der Waals surface area contributed by atoms with E-state index < -0.39 is 9.84 Å². The second-order valence-corrected chi connectivity index (χ2v) is 12.0. The van der Waals surface area contributed by atoms with Crippen molar-refractivity contribution in [1.82, 2.24) is 4.90 Å². The lowest BCUT2D eigenvalue weighted by Crippen LogP contribution is -2.40. The molecule has 0 bridgehead atoms. The zero-order valence-corrected chi connectivity index (χ0v) is 20.3. The number of benzene rings is 1. The summed E-state index contributed by atoms with van der Waals surface area (Å²) in [5.74, 6) is 4.03. The summed E-state index contributed by atoms with van der Waals surface area (Å²) >= 11 is 0. The molecule has 2 unspecified atom stereocenters. The third-order valence-electron chi connectivity index (χ3n) is 7.65. The van der Waals surface area contributed by atoms with Crippen molar-refractivity contribution in [3.8, 4) is 5.75 Å². The number of allylic oxidation sites excluding steroid dienone is 1. The molecule has 6 heteroatoms. The van der Waals surface area contributed by atoms with Crippen LogP contribution in [-0.4, -0.2) is 45.2 Å². The van der Waals surface area contributed by atoms with Gasteiger partial charge in [0.05, 0.1) is 11.5 Å². The van der Waals surface area contributed by atoms with Crippen molar-refractivity contribution in [2.75, 3.05) is 26.0 Å². The van der Waals surface area contributed by atoms with Gasteiger partial charge < -0.3 is 9.64 Å². The first kappa shape index (κ1) is 23.3. The van der Waals surface area contributed by atoms with Crippen LogP contribution in [0.15, 0.2) is 29.2 Å². The average molecular weight is 460 g/mol. The van der Waals surface area contributed by atoms with E-state index in [-0.39, 0.29) is 0 Å². The van der Waals surface area contributed by atoms with Gasteiger partial charge in [-0.1, -0.05) is 18.6 Å². The van der Waals surface area contributed by atoms with Crippen LogP contribution in [-0.2, 0) is 14.6 Å². The maximum absolute atomic E-state index is 12.4. The molecule has 2 saturated carbocycles. The molecule has 2 aliphatic carbocycles. The molecule has 3 fully saturated rings. The molecule has 2 atom stereocenters. The standard InChI is InChI=1S/C26H37NO4S/c1-3-5-22-17-23(8-9-25(22)32(2,29)30)31-15-12-21-18-24(21)20-10-13-27(14-11-20)26(28)16-19-6-4-7-19/h3,5,8-9,17,19-21,24H,4,6-7,10-16,18H2,1-2H3. The molecule has 1 aromatic rings. The van der Waals surface area contributed by atoms with Gasteiger partial charge in [0.15, 0.2) is 9.84 Å². The van der Waals surface area contributed by atoms with Crippen LogP contribution in [0.1, 0.15) is 63.9 Å². The Kier molecular flexibility index (Phi) is 7.28. The molecule has 1 saturated heterocycles. The first-order valence-electron chi connectivity index (χ1n) is 12.2. The molecule has 1 aromatic carbocycles. The van der Waals surface area contributed by atoms with Crippen LogP contribution in [0.5, 0.6) is 5.75 Å². The van der Waals surface area contributed by atoms with Crippen LogP contribution >= 0.6 is 0 Å². The van der Waals surface area contributed by atoms with Gasteiger partial charge in [-0.15, -0.1) is 0 Å². The molecule has 3 aliphatic rings. The molecular formula is C26H37NO4S. The van der Waals surface area contributed by atoms with Gasteiger partial charge >= 0.3 is 0 Å². The van der Waals surface area contributed by atoms with Gasteiger partial charge in [0.1, 0.15) is 5.75 Å². The first-order chi connectivity index (χ1) is 15.3. The fourth-order valence-electron chi connectivity index (χ4n) is 5.42. The number of hydrogen-bond acceptors (Lipinski definition) is 4. The van der Waals surface area contributed by atoms with E-state index in [0.29, 0.717) is 28.9 Å². The van der Waals surface area contributed by atoms with Gasteiger partial charge in [0.2, 0.25) is 5.91 Å². The topological polar surface area (TPSA) is 63.7 Å². The molecule has 4 rings (SSSR count). The highest BCUT2D eigenvalue weighted by atomic mass is 32.2. The summed E-state index contributed by atoms with van der Waals surface area (Å²) in [7, 11) is -3.26. The number of ether oxygens (including phenoxy) is 1. The summed E-state index contributed by atoms with van der Waals surface area (Å²) in [5, 5.41) is 0. The summed E-state index contributed by atoms with van der Waals surface area (Å²) in [6, 6.07) is 5.21. The largest absolute Gasteiger partial charge is 0.494 e. The minimum Gasteiger partial charge on any atom is -0.494 e. The van der Waals surface area contributed by atoms with Crippen molar-refractivity contribution in [3.63, 3.8) is 0 Å². The Bertz CT molecular complexity index is 943. The van der Waals surface area contributed by atoms with E-state index in [2.05, 4.69) is 4.90 Å². The molecule has 1 amide bonds. The molecule has 0 radical (unpaired) electrons. The minimum absolute atomic E-state index is 0.336. The molecule has 32 heavy (non-hydrogen) atoms. The van der Waals surface area contributed by atoms with Gasteiger partial charge in [-0.05, 0) is 92.9 Å². The third-order valence-corrected chi connectivity index (χ3v) is 8.82. The lowest BCUT2D eigenvalue weighted by atomic mass is 9.82. The van der Waals surface area contributed by atoms with Crippen LogP contribution in [0.2, 0.25) is 0 Å². The summed E-state index contributed by atoms with van der Waals surface area (Å²) < 4.78 is 29.9. The van der Waals surface area contributed by atoms with Crippen LogP contribution in [0.25, 0.3) is 6.08 Å². The highest BCUT2D eigenvalue weighted by Crippen LogP contribution is 2.49. The van der Waals surface area contributed by atoms with Crippen LogP contribution < -0.4 is 4.74 Å². The lowest BCUT2D eigenvalue weighted by Gasteiger charge is -2.34. The van der Waals surface area contributed by atoms with Gasteiger partial charge in [-0.25, -0.2) is 8.42 Å². The number of likely N-dealkylation sites (tertiary alicyclic amines) is 1. The van der Waals surface area contributed by atoms with E-state index in [1.807, 2.05) is 25.1 Å². The van der Waals surface area contributed by atoms with E-state index in [1.54, 1.807) is 12.1 Å². The number of carbonyl (C=O) groups is 1. The van der Waals surface area contributed by atoms with Crippen molar-refractivity contribution in [3.05, 3.63) is 29.8 Å². The summed E-state index contributed by atoms with van der Waals surface area (Å²) in [6.07, 6.45) is 14.1. The van der Waals surface area contributed by atoms with E-state index in [4.69, 9.17) is 4.74 Å². The van der Waals surface area contributed by atoms with Crippen LogP contribution in [0, 0.1) is 23.7 Å². The van der Waals surface area contributed by atoms with E-state index in [0.717, 1.165) is 62.3 Å². The lowest BCUT2D eigenvalue weighted by molar-refractivity contribution is -0.134. The number of hydrogen-bond donors (Lipinski definition) is 0. The second-order valence-electron chi connectivity index (χ2n) is 9.99. The number of nitrogens with zero attached hydrogens (tertiary/aromatic N) is 1. The third kappa shape index (κ3) is 5.75. The van der Waals surface area contributed by atoms with Crippen molar-refractivity contribution in [2.45, 2.75) is 63.2 Å². The average Bonchev–Trinajstić information content (AvgIpc) is 3.50. The number of rotatable bonds is 9. The van der Waals surface area contributed by atoms with Gasteiger partial charge in [-0.2, -0.15) is 0 Å². The predicted octanol–water partition coefficient (Wildman–Crippen LogP) is 4.96. The molecule has 176 valence electrons. The fraction of sp³-hybridized carbons (Fsp3) is 0.654. The Morgan fingerprint density at radius 1 is 1.19 bits per heavy atom. The Labute approximate surface area is 193 Å². The molecule has 1 heterocycles. The zero-order valence-electron chi connectivity index (χ0n) is 19.5. The summed E-state index contributed by atoms with van der Waals surface area (Å²) in [6.45, 7) is 4.42. The smallest absolute Gasteiger partial charge is 0.222 e. The van der Waals surface area contributed by atoms with Crippen LogP contribution in [0.4, 0.5) is 0 Å². The Morgan fingerprint density at radius 2 is 1.94 bits per heavy atom. The van der Waals surface area contributed by atoms with E-state index in [1.165, 1.54) is 31.9 Å². The van der Waals surface area contributed by atoms with Crippen molar-refractivity contribution < 1.29 is 17.9 Å². The number of piperidine rings is 1. The SMILES string of the molecule is CC=Cc1cc(OCCC2CC2C2CCN(C(=O)CC3CCC3)CC2)ccc1S(C)(=O)=O. The molecule has 0 spiro atoms. The Morgan fingerprint density at radius 3 is 2.56 bits per heavy atom. The van der Waals surface area contributed by atoms with Gasteiger partial charge in [-0.3, -0.25) is 4.79 Å². The summed E-state index contributed by atoms with van der Waals surface area (Å²) in [4.78, 5) is 14.9. The van der Waals surface area contributed by atoms with Crippen LogP contribution in [0.3, 0.4) is 0 Å². The van der Waals surface area contributed by atoms with Gasteiger partial charge in [0.25, 0.3) is 0 Å². The Hall–Kier alpha value is -1.82. The maximum atomic E-state index is 12.4. The monoisotopic (exact) mass is 459 g/mol. The van der Waals surface area contributed by atoms with Gasteiger partial charge in [0, 0.05) is 25.8 Å². The number of sulfone groups is 1. The second kappa shape index (κ2) is 9.98. The molecular weight excluding hydrogens is 422 g/mol. The maximum Gasteiger partial charge on any atom is 0.222 e.